The van der Waals surface area contributed by atoms with Gasteiger partial charge in [-0.15, -0.1) is 0 Å². The first-order valence-electron chi connectivity index (χ1n) is 8.25. The van der Waals surface area contributed by atoms with Crippen LogP contribution in [0.3, 0.4) is 0 Å². The number of imidazole rings is 1. The highest BCUT2D eigenvalue weighted by Gasteiger charge is 2.10. The first-order chi connectivity index (χ1) is 13.1. The average molecular weight is 362 g/mol. The predicted molar refractivity (Wildman–Crippen MR) is 99.7 cm³/mol. The lowest BCUT2D eigenvalue weighted by Gasteiger charge is -2.04. The molecule has 0 amide bonds. The summed E-state index contributed by atoms with van der Waals surface area (Å²) in [6.07, 6.45) is 5.08. The highest BCUT2D eigenvalue weighted by molar-refractivity contribution is 5.67. The van der Waals surface area contributed by atoms with E-state index in [0.29, 0.717) is 17.4 Å². The third-order valence-electron chi connectivity index (χ3n) is 4.05. The first kappa shape index (κ1) is 16.7. The van der Waals surface area contributed by atoms with Crippen LogP contribution in [0.15, 0.2) is 64.0 Å². The van der Waals surface area contributed by atoms with Crippen LogP contribution < -0.4 is 5.69 Å². The van der Waals surface area contributed by atoms with E-state index >= 15 is 0 Å². The van der Waals surface area contributed by atoms with Crippen molar-refractivity contribution in [2.24, 2.45) is 0 Å². The molecule has 4 rings (SSSR count). The number of aromatic amines is 1. The van der Waals surface area contributed by atoms with Crippen molar-refractivity contribution in [3.63, 3.8) is 0 Å². The number of hydrogen-bond acceptors (Lipinski definition) is 4. The van der Waals surface area contributed by atoms with Crippen LogP contribution in [-0.4, -0.2) is 19.7 Å². The third kappa shape index (κ3) is 3.48. The minimum atomic E-state index is -0.288. The highest BCUT2D eigenvalue weighted by atomic mass is 19.1. The molecule has 0 saturated carbocycles. The third-order valence-corrected chi connectivity index (χ3v) is 4.05. The summed E-state index contributed by atoms with van der Waals surface area (Å²) in [5.74, 6) is 0.454. The van der Waals surface area contributed by atoms with Crippen molar-refractivity contribution < 1.29 is 8.91 Å². The topological polar surface area (TPSA) is 76.7 Å². The quantitative estimate of drug-likeness (QED) is 0.598. The number of nitrogens with one attached hydrogen (secondary N) is 1. The molecule has 0 bridgehead atoms. The van der Waals surface area contributed by atoms with E-state index in [9.17, 15) is 9.18 Å². The maximum Gasteiger partial charge on any atom is 0.330 e. The summed E-state index contributed by atoms with van der Waals surface area (Å²) in [6, 6.07) is 13.4. The van der Waals surface area contributed by atoms with Gasteiger partial charge in [0.25, 0.3) is 5.89 Å². The lowest BCUT2D eigenvalue weighted by Crippen LogP contribution is -2.15. The maximum atomic E-state index is 12.9. The van der Waals surface area contributed by atoms with Crippen molar-refractivity contribution in [3.05, 3.63) is 88.2 Å². The lowest BCUT2D eigenvalue weighted by atomic mass is 10.2. The summed E-state index contributed by atoms with van der Waals surface area (Å²) in [4.78, 5) is 19.0. The zero-order valence-electron chi connectivity index (χ0n) is 14.4. The normalized spacial score (nSPS) is 11.3. The Morgan fingerprint density at radius 1 is 1.15 bits per heavy atom. The van der Waals surface area contributed by atoms with Gasteiger partial charge in [-0.3, -0.25) is 4.57 Å². The Balaban J connectivity index is 1.61. The first-order valence-corrected chi connectivity index (χ1v) is 8.25. The van der Waals surface area contributed by atoms with Crippen molar-refractivity contribution in [3.8, 4) is 17.1 Å². The van der Waals surface area contributed by atoms with Crippen molar-refractivity contribution >= 4 is 12.2 Å². The molecule has 4 aromatic rings. The second-order valence-electron chi connectivity index (χ2n) is 5.96. The van der Waals surface area contributed by atoms with E-state index in [0.717, 1.165) is 16.8 Å². The SMILES string of the molecule is Cc1c[nH]c(=O)n1-c1cccc(-c2noc(/C=C/c3ccc(F)cc3)n2)c1. The fraction of sp³-hybridized carbons (Fsp3) is 0.0500. The highest BCUT2D eigenvalue weighted by Crippen LogP contribution is 2.20. The zero-order valence-corrected chi connectivity index (χ0v) is 14.4. The summed E-state index contributed by atoms with van der Waals surface area (Å²) in [7, 11) is 0. The Morgan fingerprint density at radius 2 is 1.96 bits per heavy atom. The molecule has 0 fully saturated rings. The molecule has 2 heterocycles. The van der Waals surface area contributed by atoms with E-state index in [2.05, 4.69) is 15.1 Å². The van der Waals surface area contributed by atoms with Crippen LogP contribution in [0.25, 0.3) is 29.2 Å². The number of hydrogen-bond donors (Lipinski definition) is 1. The van der Waals surface area contributed by atoms with Crippen molar-refractivity contribution in [1.29, 1.82) is 0 Å². The maximum absolute atomic E-state index is 12.9. The van der Waals surface area contributed by atoms with Crippen LogP contribution in [0.4, 0.5) is 4.39 Å². The molecule has 0 radical (unpaired) electrons. The average Bonchev–Trinajstić information content (AvgIpc) is 3.28. The molecule has 2 aromatic carbocycles. The summed E-state index contributed by atoms with van der Waals surface area (Å²) in [5.41, 5.74) is 2.85. The number of aryl methyl sites for hydroxylation is 1. The number of H-pyrrole nitrogens is 1. The van der Waals surface area contributed by atoms with Crippen molar-refractivity contribution in [2.45, 2.75) is 6.92 Å². The summed E-state index contributed by atoms with van der Waals surface area (Å²) < 4.78 is 19.8. The fourth-order valence-electron chi connectivity index (χ4n) is 2.72. The molecule has 1 N–H and O–H groups in total. The van der Waals surface area contributed by atoms with E-state index in [1.807, 2.05) is 31.2 Å². The Labute approximate surface area is 153 Å². The second-order valence-corrected chi connectivity index (χ2v) is 5.96. The summed E-state index contributed by atoms with van der Waals surface area (Å²) in [5, 5.41) is 3.99. The lowest BCUT2D eigenvalue weighted by molar-refractivity contribution is 0.411. The second kappa shape index (κ2) is 6.87. The minimum absolute atomic E-state index is 0.208. The van der Waals surface area contributed by atoms with Crippen LogP contribution in [0.2, 0.25) is 0 Å². The van der Waals surface area contributed by atoms with E-state index in [1.165, 1.54) is 12.1 Å². The van der Waals surface area contributed by atoms with Gasteiger partial charge in [0.1, 0.15) is 5.82 Å². The Hall–Kier alpha value is -3.74. The molecule has 7 heteroatoms. The number of nitrogens with zero attached hydrogens (tertiary/aromatic N) is 3. The standard InChI is InChI=1S/C20H15FN4O2/c1-13-12-22-20(26)25(13)17-4-2-3-15(11-17)19-23-18(27-24-19)10-7-14-5-8-16(21)9-6-14/h2-12H,1H3,(H,22,26)/b10-7+. The van der Waals surface area contributed by atoms with Gasteiger partial charge in [0, 0.05) is 23.5 Å². The molecule has 0 aliphatic carbocycles. The number of aromatic nitrogens is 4. The van der Waals surface area contributed by atoms with Gasteiger partial charge < -0.3 is 9.51 Å². The van der Waals surface area contributed by atoms with Gasteiger partial charge in [-0.05, 0) is 42.8 Å². The summed E-state index contributed by atoms with van der Waals surface area (Å²) in [6.45, 7) is 1.84. The van der Waals surface area contributed by atoms with Gasteiger partial charge in [-0.1, -0.05) is 29.4 Å². The van der Waals surface area contributed by atoms with Crippen LogP contribution in [-0.2, 0) is 0 Å². The van der Waals surface area contributed by atoms with E-state index < -0.39 is 0 Å². The van der Waals surface area contributed by atoms with Gasteiger partial charge >= 0.3 is 5.69 Å². The van der Waals surface area contributed by atoms with Gasteiger partial charge in [0.2, 0.25) is 5.82 Å². The number of benzene rings is 2. The number of rotatable bonds is 4. The molecule has 0 unspecified atom stereocenters. The van der Waals surface area contributed by atoms with Gasteiger partial charge in [-0.2, -0.15) is 4.98 Å². The van der Waals surface area contributed by atoms with Crippen LogP contribution in [0.1, 0.15) is 17.1 Å². The molecule has 134 valence electrons. The van der Waals surface area contributed by atoms with Crippen LogP contribution in [0.5, 0.6) is 0 Å². The molecule has 0 saturated heterocycles. The number of halogens is 1. The van der Waals surface area contributed by atoms with Gasteiger partial charge in [0.05, 0.1) is 5.69 Å². The van der Waals surface area contributed by atoms with E-state index in [4.69, 9.17) is 4.52 Å². The Morgan fingerprint density at radius 3 is 2.70 bits per heavy atom. The molecule has 0 aliphatic heterocycles. The largest absolute Gasteiger partial charge is 0.334 e. The molecule has 27 heavy (non-hydrogen) atoms. The monoisotopic (exact) mass is 362 g/mol. The molecule has 0 spiro atoms. The minimum Gasteiger partial charge on any atom is -0.334 e. The smallest absolute Gasteiger partial charge is 0.330 e. The Bertz CT molecular complexity index is 1170. The van der Waals surface area contributed by atoms with Crippen molar-refractivity contribution in [2.75, 3.05) is 0 Å². The van der Waals surface area contributed by atoms with Crippen LogP contribution >= 0.6 is 0 Å². The zero-order chi connectivity index (χ0) is 18.8. The molecule has 0 aliphatic rings. The molecule has 0 atom stereocenters. The molecular weight excluding hydrogens is 347 g/mol. The summed E-state index contributed by atoms with van der Waals surface area (Å²) >= 11 is 0. The molecule has 6 nitrogen and oxygen atoms in total. The van der Waals surface area contributed by atoms with E-state index in [1.54, 1.807) is 35.0 Å². The Kier molecular flexibility index (Phi) is 4.25. The molecule has 2 aromatic heterocycles. The predicted octanol–water partition coefficient (Wildman–Crippen LogP) is 3.83. The van der Waals surface area contributed by atoms with Crippen molar-refractivity contribution in [1.82, 2.24) is 19.7 Å². The van der Waals surface area contributed by atoms with Crippen LogP contribution in [0, 0.1) is 12.7 Å². The van der Waals surface area contributed by atoms with Gasteiger partial charge in [0.15, 0.2) is 0 Å². The molecular formula is C20H15FN4O2. The van der Waals surface area contributed by atoms with Gasteiger partial charge in [-0.25, -0.2) is 9.18 Å². The fourth-order valence-corrected chi connectivity index (χ4v) is 2.72. The van der Waals surface area contributed by atoms with E-state index in [-0.39, 0.29) is 11.5 Å².